The van der Waals surface area contributed by atoms with E-state index in [4.69, 9.17) is 14.5 Å². The first-order valence-electron chi connectivity index (χ1n) is 9.57. The monoisotopic (exact) mass is 369 g/mol. The molecule has 0 spiro atoms. The van der Waals surface area contributed by atoms with E-state index in [1.54, 1.807) is 7.11 Å². The van der Waals surface area contributed by atoms with Gasteiger partial charge in [0.05, 0.1) is 20.3 Å². The normalized spacial score (nSPS) is 11.3. The number of guanidine groups is 1. The van der Waals surface area contributed by atoms with Crippen LogP contribution < -0.4 is 15.4 Å². The van der Waals surface area contributed by atoms with Crippen LogP contribution in [0.3, 0.4) is 0 Å². The lowest BCUT2D eigenvalue weighted by Crippen LogP contribution is -2.37. The van der Waals surface area contributed by atoms with E-state index in [2.05, 4.69) is 48.7 Å². The molecule has 2 aromatic carbocycles. The Hall–Kier alpha value is -2.53. The second kappa shape index (κ2) is 12.0. The fraction of sp³-hybridized carbons (Fsp3) is 0.409. The highest BCUT2D eigenvalue weighted by Gasteiger charge is 2.05. The van der Waals surface area contributed by atoms with Gasteiger partial charge in [-0.2, -0.15) is 0 Å². The van der Waals surface area contributed by atoms with Crippen LogP contribution in [0.1, 0.15) is 37.0 Å². The Balaban J connectivity index is 2.02. The van der Waals surface area contributed by atoms with Crippen molar-refractivity contribution in [2.75, 3.05) is 20.3 Å². The SMILES string of the molecule is CCCOCc1ccccc1CNC(=NCc1ccccc1OC)NCC. The Morgan fingerprint density at radius 2 is 1.63 bits per heavy atom. The highest BCUT2D eigenvalue weighted by molar-refractivity contribution is 5.79. The van der Waals surface area contributed by atoms with Crippen molar-refractivity contribution >= 4 is 5.96 Å². The molecule has 0 aliphatic carbocycles. The molecule has 5 nitrogen and oxygen atoms in total. The van der Waals surface area contributed by atoms with Crippen molar-refractivity contribution in [2.24, 2.45) is 4.99 Å². The minimum Gasteiger partial charge on any atom is -0.496 e. The Labute approximate surface area is 162 Å². The molecular formula is C22H31N3O2. The van der Waals surface area contributed by atoms with Crippen LogP contribution in [-0.2, 0) is 24.4 Å². The summed E-state index contributed by atoms with van der Waals surface area (Å²) >= 11 is 0. The third kappa shape index (κ3) is 6.94. The van der Waals surface area contributed by atoms with E-state index >= 15 is 0 Å². The lowest BCUT2D eigenvalue weighted by atomic mass is 10.1. The highest BCUT2D eigenvalue weighted by Crippen LogP contribution is 2.18. The number of methoxy groups -OCH3 is 1. The summed E-state index contributed by atoms with van der Waals surface area (Å²) in [6.07, 6.45) is 1.03. The van der Waals surface area contributed by atoms with E-state index in [-0.39, 0.29) is 0 Å². The zero-order valence-electron chi connectivity index (χ0n) is 16.6. The van der Waals surface area contributed by atoms with Crippen molar-refractivity contribution in [3.8, 4) is 5.75 Å². The zero-order valence-corrected chi connectivity index (χ0v) is 16.6. The van der Waals surface area contributed by atoms with Gasteiger partial charge in [0.2, 0.25) is 0 Å². The fourth-order valence-electron chi connectivity index (χ4n) is 2.72. The van der Waals surface area contributed by atoms with E-state index in [1.807, 2.05) is 24.3 Å². The van der Waals surface area contributed by atoms with Gasteiger partial charge in [-0.05, 0) is 30.5 Å². The summed E-state index contributed by atoms with van der Waals surface area (Å²) in [5.74, 6) is 1.64. The Bertz CT molecular complexity index is 716. The van der Waals surface area contributed by atoms with Crippen molar-refractivity contribution in [3.05, 3.63) is 65.2 Å². The predicted octanol–water partition coefficient (Wildman–Crippen LogP) is 3.88. The number of nitrogens with zero attached hydrogens (tertiary/aromatic N) is 1. The lowest BCUT2D eigenvalue weighted by molar-refractivity contribution is 0.121. The highest BCUT2D eigenvalue weighted by atomic mass is 16.5. The van der Waals surface area contributed by atoms with Crippen LogP contribution >= 0.6 is 0 Å². The van der Waals surface area contributed by atoms with Gasteiger partial charge in [-0.3, -0.25) is 0 Å². The summed E-state index contributed by atoms with van der Waals surface area (Å²) in [5.41, 5.74) is 3.49. The molecule has 0 amide bonds. The summed E-state index contributed by atoms with van der Waals surface area (Å²) in [6, 6.07) is 16.3. The standard InChI is InChI=1S/C22H31N3O2/c1-4-14-27-17-20-12-7-6-10-18(20)15-24-22(23-5-2)25-16-19-11-8-9-13-21(19)26-3/h6-13H,4-5,14-17H2,1-3H3,(H2,23,24,25). The van der Waals surface area contributed by atoms with Gasteiger partial charge < -0.3 is 20.1 Å². The second-order valence-corrected chi connectivity index (χ2v) is 6.18. The van der Waals surface area contributed by atoms with E-state index < -0.39 is 0 Å². The molecule has 146 valence electrons. The topological polar surface area (TPSA) is 54.9 Å². The van der Waals surface area contributed by atoms with Gasteiger partial charge >= 0.3 is 0 Å². The molecule has 2 N–H and O–H groups in total. The number of hydrogen-bond donors (Lipinski definition) is 2. The quantitative estimate of drug-likeness (QED) is 0.379. The van der Waals surface area contributed by atoms with Crippen molar-refractivity contribution in [1.29, 1.82) is 0 Å². The largest absolute Gasteiger partial charge is 0.496 e. The smallest absolute Gasteiger partial charge is 0.191 e. The van der Waals surface area contributed by atoms with Crippen molar-refractivity contribution in [2.45, 2.75) is 40.0 Å². The average molecular weight is 370 g/mol. The number of rotatable bonds is 10. The summed E-state index contributed by atoms with van der Waals surface area (Å²) in [7, 11) is 1.68. The summed E-state index contributed by atoms with van der Waals surface area (Å²) in [4.78, 5) is 4.70. The molecule has 0 aliphatic heterocycles. The first-order valence-corrected chi connectivity index (χ1v) is 9.57. The van der Waals surface area contributed by atoms with E-state index in [0.717, 1.165) is 36.8 Å². The Morgan fingerprint density at radius 1 is 0.926 bits per heavy atom. The van der Waals surface area contributed by atoms with Crippen LogP contribution in [0, 0.1) is 0 Å². The number of hydrogen-bond acceptors (Lipinski definition) is 3. The van der Waals surface area contributed by atoms with Gasteiger partial charge in [-0.1, -0.05) is 49.4 Å². The summed E-state index contributed by atoms with van der Waals surface area (Å²) in [5, 5.41) is 6.72. The molecule has 0 aliphatic rings. The number of nitrogens with one attached hydrogen (secondary N) is 2. The maximum Gasteiger partial charge on any atom is 0.191 e. The molecule has 0 saturated heterocycles. The molecule has 2 aromatic rings. The minimum absolute atomic E-state index is 0.556. The summed E-state index contributed by atoms with van der Waals surface area (Å²) in [6.45, 7) is 7.66. The van der Waals surface area contributed by atoms with Gasteiger partial charge in [-0.25, -0.2) is 4.99 Å². The summed E-state index contributed by atoms with van der Waals surface area (Å²) < 4.78 is 11.1. The molecule has 0 fully saturated rings. The number of benzene rings is 2. The first kappa shape index (κ1) is 20.8. The molecular weight excluding hydrogens is 338 g/mol. The van der Waals surface area contributed by atoms with Crippen LogP contribution in [0.25, 0.3) is 0 Å². The van der Waals surface area contributed by atoms with E-state index in [9.17, 15) is 0 Å². The molecule has 0 heterocycles. The number of ether oxygens (including phenoxy) is 2. The molecule has 0 atom stereocenters. The average Bonchev–Trinajstić information content (AvgIpc) is 2.71. The van der Waals surface area contributed by atoms with Crippen molar-refractivity contribution in [3.63, 3.8) is 0 Å². The van der Waals surface area contributed by atoms with Gasteiger partial charge in [0.25, 0.3) is 0 Å². The van der Waals surface area contributed by atoms with Crippen molar-refractivity contribution < 1.29 is 9.47 Å². The van der Waals surface area contributed by atoms with E-state index in [0.29, 0.717) is 19.7 Å². The molecule has 0 saturated carbocycles. The van der Waals surface area contributed by atoms with Gasteiger partial charge in [0.15, 0.2) is 5.96 Å². The lowest BCUT2D eigenvalue weighted by Gasteiger charge is -2.14. The first-order chi connectivity index (χ1) is 13.3. The third-order valence-corrected chi connectivity index (χ3v) is 4.11. The molecule has 2 rings (SSSR count). The van der Waals surface area contributed by atoms with E-state index in [1.165, 1.54) is 11.1 Å². The van der Waals surface area contributed by atoms with Gasteiger partial charge in [0, 0.05) is 25.3 Å². The van der Waals surface area contributed by atoms with Crippen molar-refractivity contribution in [1.82, 2.24) is 10.6 Å². The third-order valence-electron chi connectivity index (χ3n) is 4.11. The van der Waals surface area contributed by atoms with Crippen LogP contribution in [0.5, 0.6) is 5.75 Å². The molecule has 0 unspecified atom stereocenters. The molecule has 5 heteroatoms. The maximum atomic E-state index is 5.71. The zero-order chi connectivity index (χ0) is 19.3. The van der Waals surface area contributed by atoms with Gasteiger partial charge in [0.1, 0.15) is 5.75 Å². The molecule has 0 radical (unpaired) electrons. The molecule has 27 heavy (non-hydrogen) atoms. The van der Waals surface area contributed by atoms with Crippen LogP contribution in [0.15, 0.2) is 53.5 Å². The number of aliphatic imine (C=N–C) groups is 1. The van der Waals surface area contributed by atoms with Gasteiger partial charge in [-0.15, -0.1) is 0 Å². The molecule has 0 bridgehead atoms. The molecule has 0 aromatic heterocycles. The Morgan fingerprint density at radius 3 is 2.33 bits per heavy atom. The Kier molecular flexibility index (Phi) is 9.21. The predicted molar refractivity (Wildman–Crippen MR) is 111 cm³/mol. The number of para-hydroxylation sites is 1. The minimum atomic E-state index is 0.556. The van der Waals surface area contributed by atoms with Crippen LogP contribution in [-0.4, -0.2) is 26.2 Å². The maximum absolute atomic E-state index is 5.71. The van der Waals surface area contributed by atoms with Crippen LogP contribution in [0.2, 0.25) is 0 Å². The fourth-order valence-corrected chi connectivity index (χ4v) is 2.72. The van der Waals surface area contributed by atoms with Crippen LogP contribution in [0.4, 0.5) is 0 Å². The second-order valence-electron chi connectivity index (χ2n) is 6.18.